The summed E-state index contributed by atoms with van der Waals surface area (Å²) >= 11 is 13.2. The molecule has 1 aliphatic carbocycles. The molecule has 0 radical (unpaired) electrons. The van der Waals surface area contributed by atoms with Crippen LogP contribution >= 0.6 is 34.5 Å². The quantitative estimate of drug-likeness (QED) is 0.331. The van der Waals surface area contributed by atoms with E-state index >= 15 is 0 Å². The molecule has 2 aliphatic rings. The standard InChI is InChI=1S/C23H21Cl2F3N2O3S/c1-23(11-7-14(24)20(28)15(25)8-11)9-16(30-33-23)21-12-3-2-4-13(12)22(34-21)17(31)5-6-19(32)29-10-18(26)27/h7-8,18H,2-6,9-10H2,1H3,(H,29,32). The molecule has 1 atom stereocenters. The smallest absolute Gasteiger partial charge is 0.255 e. The van der Waals surface area contributed by atoms with Crippen LogP contribution in [0.1, 0.15) is 63.8 Å². The minimum absolute atomic E-state index is 0.0608. The summed E-state index contributed by atoms with van der Waals surface area (Å²) in [5.41, 5.74) is 2.37. The Hall–Kier alpha value is -2.10. The zero-order valence-electron chi connectivity index (χ0n) is 18.2. The van der Waals surface area contributed by atoms with Gasteiger partial charge in [0.25, 0.3) is 6.43 Å². The van der Waals surface area contributed by atoms with E-state index in [2.05, 4.69) is 10.5 Å². The highest BCUT2D eigenvalue weighted by molar-refractivity contribution is 7.16. The highest BCUT2D eigenvalue weighted by Crippen LogP contribution is 2.43. The Morgan fingerprint density at radius 2 is 1.88 bits per heavy atom. The number of nitrogens with one attached hydrogen (secondary N) is 1. The predicted molar refractivity (Wildman–Crippen MR) is 125 cm³/mol. The first-order valence-electron chi connectivity index (χ1n) is 10.7. The number of halogens is 5. The first kappa shape index (κ1) is 25.0. The maximum Gasteiger partial charge on any atom is 0.255 e. The number of carbonyl (C=O) groups excluding carboxylic acids is 2. The zero-order valence-corrected chi connectivity index (χ0v) is 20.5. The second-order valence-corrected chi connectivity index (χ2v) is 10.3. The molecular formula is C23H21Cl2F3N2O3S. The van der Waals surface area contributed by atoms with Crippen LogP contribution in [0, 0.1) is 5.82 Å². The van der Waals surface area contributed by atoms with Crippen molar-refractivity contribution in [3.8, 4) is 0 Å². The van der Waals surface area contributed by atoms with Gasteiger partial charge in [0.05, 0.1) is 26.3 Å². The van der Waals surface area contributed by atoms with Crippen molar-refractivity contribution in [2.75, 3.05) is 6.54 Å². The summed E-state index contributed by atoms with van der Waals surface area (Å²) in [5, 5.41) is 6.18. The number of nitrogens with zero attached hydrogens (tertiary/aromatic N) is 1. The highest BCUT2D eigenvalue weighted by Gasteiger charge is 2.40. The number of carbonyl (C=O) groups is 2. The zero-order chi connectivity index (χ0) is 24.6. The van der Waals surface area contributed by atoms with Gasteiger partial charge >= 0.3 is 0 Å². The van der Waals surface area contributed by atoms with Crippen LogP contribution in [0.4, 0.5) is 13.2 Å². The Labute approximate surface area is 208 Å². The maximum absolute atomic E-state index is 13.9. The second kappa shape index (κ2) is 9.87. The molecule has 0 bridgehead atoms. The monoisotopic (exact) mass is 532 g/mol. The normalized spacial score (nSPS) is 19.2. The van der Waals surface area contributed by atoms with Gasteiger partial charge in [0, 0.05) is 24.8 Å². The van der Waals surface area contributed by atoms with Gasteiger partial charge in [-0.15, -0.1) is 11.3 Å². The number of fused-ring (bicyclic) bond motifs is 1. The van der Waals surface area contributed by atoms with E-state index in [0.717, 1.165) is 35.3 Å². The third-order valence-corrected chi connectivity index (χ3v) is 7.89. The van der Waals surface area contributed by atoms with E-state index in [0.29, 0.717) is 22.6 Å². The number of rotatable bonds is 8. The first-order valence-corrected chi connectivity index (χ1v) is 12.3. The molecule has 182 valence electrons. The third-order valence-electron chi connectivity index (χ3n) is 5.97. The molecule has 11 heteroatoms. The van der Waals surface area contributed by atoms with Crippen molar-refractivity contribution in [2.24, 2.45) is 5.16 Å². The van der Waals surface area contributed by atoms with Gasteiger partial charge in [0.1, 0.15) is 5.71 Å². The number of thiophene rings is 1. The van der Waals surface area contributed by atoms with Crippen molar-refractivity contribution in [1.29, 1.82) is 0 Å². The number of hydrogen-bond donors (Lipinski definition) is 1. The van der Waals surface area contributed by atoms with Crippen molar-refractivity contribution in [2.45, 2.75) is 57.5 Å². The summed E-state index contributed by atoms with van der Waals surface area (Å²) in [6, 6.07) is 2.93. The molecule has 1 unspecified atom stereocenters. The largest absolute Gasteiger partial charge is 0.384 e. The van der Waals surface area contributed by atoms with Crippen molar-refractivity contribution < 1.29 is 27.6 Å². The lowest BCUT2D eigenvalue weighted by Crippen LogP contribution is -2.28. The van der Waals surface area contributed by atoms with Gasteiger partial charge in [-0.05, 0) is 49.4 Å². The van der Waals surface area contributed by atoms with Gasteiger partial charge in [-0.1, -0.05) is 28.4 Å². The Bertz CT molecular complexity index is 1160. The summed E-state index contributed by atoms with van der Waals surface area (Å²) in [7, 11) is 0. The molecule has 2 aromatic rings. The van der Waals surface area contributed by atoms with Crippen LogP contribution in [0.5, 0.6) is 0 Å². The molecule has 4 rings (SSSR count). The summed E-state index contributed by atoms with van der Waals surface area (Å²) in [4.78, 5) is 31.8. The fraction of sp³-hybridized carbons (Fsp3) is 0.435. The van der Waals surface area contributed by atoms with Crippen LogP contribution in [0.15, 0.2) is 17.3 Å². The maximum atomic E-state index is 13.9. The minimum Gasteiger partial charge on any atom is -0.384 e. The average Bonchev–Trinajstić information content (AvgIpc) is 3.49. The van der Waals surface area contributed by atoms with Crippen molar-refractivity contribution in [3.05, 3.63) is 54.4 Å². The number of ketones is 1. The predicted octanol–water partition coefficient (Wildman–Crippen LogP) is 6.07. The molecule has 2 heterocycles. The number of amides is 1. The lowest BCUT2D eigenvalue weighted by molar-refractivity contribution is -0.121. The van der Waals surface area contributed by atoms with Crippen molar-refractivity contribution in [1.82, 2.24) is 5.32 Å². The first-order chi connectivity index (χ1) is 16.1. The van der Waals surface area contributed by atoms with Gasteiger partial charge in [-0.25, -0.2) is 13.2 Å². The summed E-state index contributed by atoms with van der Waals surface area (Å²) in [5.74, 6) is -1.47. The summed E-state index contributed by atoms with van der Waals surface area (Å²) in [6.07, 6.45) is -0.0236. The average molecular weight is 533 g/mol. The molecule has 0 saturated carbocycles. The second-order valence-electron chi connectivity index (χ2n) is 8.48. The molecule has 0 fully saturated rings. The number of Topliss-reactive ketones (excluding diaryl/α,β-unsaturated/α-hetero) is 1. The van der Waals surface area contributed by atoms with Gasteiger partial charge in [-0.3, -0.25) is 9.59 Å². The van der Waals surface area contributed by atoms with Crippen LogP contribution in [-0.2, 0) is 28.1 Å². The Morgan fingerprint density at radius 1 is 1.21 bits per heavy atom. The fourth-order valence-electron chi connectivity index (χ4n) is 4.23. The Kier molecular flexibility index (Phi) is 7.26. The number of oxime groups is 1. The van der Waals surface area contributed by atoms with E-state index in [1.807, 2.05) is 0 Å². The molecule has 34 heavy (non-hydrogen) atoms. The van der Waals surface area contributed by atoms with E-state index < -0.39 is 30.3 Å². The van der Waals surface area contributed by atoms with Gasteiger partial charge in [0.15, 0.2) is 17.2 Å². The molecule has 0 saturated heterocycles. The van der Waals surface area contributed by atoms with Gasteiger partial charge < -0.3 is 10.2 Å². The van der Waals surface area contributed by atoms with Crippen molar-refractivity contribution in [3.63, 3.8) is 0 Å². The molecular weight excluding hydrogens is 512 g/mol. The van der Waals surface area contributed by atoms with Crippen molar-refractivity contribution >= 4 is 51.9 Å². The van der Waals surface area contributed by atoms with Crippen LogP contribution in [-0.4, -0.2) is 30.4 Å². The van der Waals surface area contributed by atoms with E-state index in [-0.39, 0.29) is 28.7 Å². The molecule has 1 aliphatic heterocycles. The molecule has 5 nitrogen and oxygen atoms in total. The van der Waals surface area contributed by atoms with Crippen LogP contribution < -0.4 is 5.32 Å². The number of benzene rings is 1. The van der Waals surface area contributed by atoms with Gasteiger partial charge in [0.2, 0.25) is 5.91 Å². The number of hydrogen-bond acceptors (Lipinski definition) is 5. The van der Waals surface area contributed by atoms with E-state index in [1.54, 1.807) is 6.92 Å². The SMILES string of the molecule is CC1(c2cc(Cl)c(F)c(Cl)c2)CC(c2sc(C(=O)CCC(=O)NCC(F)F)c3c2CCC3)=NO1. The lowest BCUT2D eigenvalue weighted by Gasteiger charge is -2.22. The molecule has 0 spiro atoms. The summed E-state index contributed by atoms with van der Waals surface area (Å²) in [6.45, 7) is 1.08. The Balaban J connectivity index is 1.51. The van der Waals surface area contributed by atoms with Crippen LogP contribution in [0.3, 0.4) is 0 Å². The van der Waals surface area contributed by atoms with E-state index in [9.17, 15) is 22.8 Å². The number of alkyl halides is 2. The summed E-state index contributed by atoms with van der Waals surface area (Å²) < 4.78 is 38.4. The highest BCUT2D eigenvalue weighted by atomic mass is 35.5. The lowest BCUT2D eigenvalue weighted by atomic mass is 9.90. The molecule has 1 N–H and O–H groups in total. The van der Waals surface area contributed by atoms with Gasteiger partial charge in [-0.2, -0.15) is 0 Å². The third kappa shape index (κ3) is 4.97. The fourth-order valence-corrected chi connectivity index (χ4v) is 6.06. The Morgan fingerprint density at radius 3 is 2.56 bits per heavy atom. The minimum atomic E-state index is -2.63. The van der Waals surface area contributed by atoms with E-state index in [4.69, 9.17) is 28.0 Å². The van der Waals surface area contributed by atoms with Crippen LogP contribution in [0.25, 0.3) is 0 Å². The molecule has 1 aromatic heterocycles. The molecule has 1 amide bonds. The van der Waals surface area contributed by atoms with Crippen LogP contribution in [0.2, 0.25) is 10.0 Å². The molecule has 1 aromatic carbocycles. The van der Waals surface area contributed by atoms with E-state index in [1.165, 1.54) is 23.5 Å². The topological polar surface area (TPSA) is 67.8 Å².